The molecule has 0 amide bonds. The first-order valence-corrected chi connectivity index (χ1v) is 10.4. The lowest BCUT2D eigenvalue weighted by Gasteiger charge is -2.44. The molecule has 0 bridgehead atoms. The fourth-order valence-corrected chi connectivity index (χ4v) is 3.23. The predicted octanol–water partition coefficient (Wildman–Crippen LogP) is 8.50. The number of hydrogen-bond acceptors (Lipinski definition) is 0. The largest absolute Gasteiger partial charge is 0.393 e. The molecule has 0 aromatic rings. The van der Waals surface area contributed by atoms with E-state index in [1.165, 1.54) is 19.2 Å². The molecule has 1 nitrogen and oxygen atoms in total. The van der Waals surface area contributed by atoms with E-state index in [0.29, 0.717) is 0 Å². The molecule has 0 saturated carbocycles. The smallest absolute Gasteiger partial charge is 0.320 e. The molecule has 0 rings (SSSR count). The maximum atomic E-state index is 14.0. The van der Waals surface area contributed by atoms with Crippen LogP contribution in [0.1, 0.15) is 12.8 Å². The van der Waals surface area contributed by atoms with Crippen molar-refractivity contribution in [3.8, 4) is 0 Å². The number of hydrogen-bond donors (Lipinski definition) is 0. The van der Waals surface area contributed by atoms with Gasteiger partial charge in [-0.05, 0) is 23.8 Å². The fourth-order valence-electron chi connectivity index (χ4n) is 3.11. The normalized spacial score (nSPS) is 15.9. The summed E-state index contributed by atoms with van der Waals surface area (Å²) in [7, 11) is 1.27. The van der Waals surface area contributed by atoms with Crippen molar-refractivity contribution >= 4 is 11.6 Å². The third kappa shape index (κ3) is 5.80. The topological polar surface area (TPSA) is 0 Å². The summed E-state index contributed by atoms with van der Waals surface area (Å²) in [6, 6.07) is 0. The van der Waals surface area contributed by atoms with E-state index in [-0.39, 0.29) is 17.6 Å². The molecule has 0 aliphatic heterocycles. The molecule has 0 unspecified atom stereocenters. The summed E-state index contributed by atoms with van der Waals surface area (Å²) in [5.41, 5.74) is 0. The minimum absolute atomic E-state index is 0.0796. The van der Waals surface area contributed by atoms with Crippen molar-refractivity contribution in [3.63, 3.8) is 0 Å². The lowest BCUT2D eigenvalue weighted by Crippen LogP contribution is -2.75. The highest BCUT2D eigenvalue weighted by Gasteiger charge is 2.96. The van der Waals surface area contributed by atoms with Crippen LogP contribution in [-0.4, -0.2) is 83.9 Å². The molecule has 0 aromatic carbocycles. The molecule has 0 spiro atoms. The van der Waals surface area contributed by atoms with Gasteiger partial charge in [0.15, 0.2) is 0 Å². The average molecular weight is 639 g/mol. The van der Waals surface area contributed by atoms with Gasteiger partial charge < -0.3 is 4.48 Å². The van der Waals surface area contributed by atoms with Gasteiger partial charge in [-0.3, -0.25) is 0 Å². The second-order valence-corrected chi connectivity index (χ2v) is 9.09. The first-order chi connectivity index (χ1) is 16.8. The van der Waals surface area contributed by atoms with E-state index in [4.69, 9.17) is 0 Å². The van der Waals surface area contributed by atoms with Crippen molar-refractivity contribution in [3.05, 3.63) is 25.3 Å². The van der Waals surface area contributed by atoms with Gasteiger partial charge in [0, 0.05) is 12.8 Å². The van der Waals surface area contributed by atoms with Crippen molar-refractivity contribution in [2.24, 2.45) is 0 Å². The Balaban J connectivity index is 6.54. The van der Waals surface area contributed by atoms with Gasteiger partial charge in [0.25, 0.3) is 0 Å². The molecule has 0 aliphatic carbocycles. The van der Waals surface area contributed by atoms with E-state index in [1.807, 2.05) is 0 Å². The van der Waals surface area contributed by atoms with Gasteiger partial charge in [0.2, 0.25) is 0 Å². The van der Waals surface area contributed by atoms with Crippen LogP contribution >= 0.6 is 11.6 Å². The monoisotopic (exact) mass is 638 g/mol. The van der Waals surface area contributed by atoms with Gasteiger partial charge in [-0.15, -0.1) is 0 Å². The second kappa shape index (κ2) is 10.7. The molecule has 20 heteroatoms. The molecule has 0 N–H and O–H groups in total. The van der Waals surface area contributed by atoms with Crippen molar-refractivity contribution < 1.29 is 83.5 Å². The zero-order valence-electron chi connectivity index (χ0n) is 19.2. The van der Waals surface area contributed by atoms with Gasteiger partial charge >= 0.3 is 52.8 Å². The summed E-state index contributed by atoms with van der Waals surface area (Å²) in [5.74, 6) is -65.1. The molecule has 0 aromatic heterocycles. The molecule has 0 fully saturated rings. The van der Waals surface area contributed by atoms with E-state index in [2.05, 4.69) is 24.8 Å². The van der Waals surface area contributed by atoms with Crippen LogP contribution in [0.4, 0.5) is 79.0 Å². The molecular weight excluding hydrogens is 620 g/mol. The lowest BCUT2D eigenvalue weighted by molar-refractivity contribution is -0.898. The highest BCUT2D eigenvalue weighted by molar-refractivity contribution is 6.22. The Morgan fingerprint density at radius 2 is 0.821 bits per heavy atom. The van der Waals surface area contributed by atoms with Crippen molar-refractivity contribution in [2.75, 3.05) is 26.7 Å². The Morgan fingerprint density at radius 3 is 1.10 bits per heavy atom. The number of quaternary nitrogens is 1. The molecule has 39 heavy (non-hydrogen) atoms. The Morgan fingerprint density at radius 1 is 0.538 bits per heavy atom. The van der Waals surface area contributed by atoms with Crippen LogP contribution in [0.15, 0.2) is 25.3 Å². The highest BCUT2D eigenvalue weighted by Crippen LogP contribution is 2.65. The molecule has 0 aliphatic rings. The SMILES string of the molecule is C=CC[N+](C)(CC=C)CCCC(F)(F)C(F)(F)C(F)(F)C(F)(F)C(F)(F)C(F)(F)C(F)(F)C(F)(F)C(F)(F)Cl. The summed E-state index contributed by atoms with van der Waals surface area (Å²) in [4.78, 5) is 0. The van der Waals surface area contributed by atoms with E-state index in [0.717, 1.165) is 0 Å². The lowest BCUT2D eigenvalue weighted by atomic mass is 9.86. The number of halogens is 19. The first kappa shape index (κ1) is 37.5. The van der Waals surface area contributed by atoms with Crippen LogP contribution in [0.25, 0.3) is 0 Å². The van der Waals surface area contributed by atoms with Crippen molar-refractivity contribution in [1.82, 2.24) is 0 Å². The molecule has 0 radical (unpaired) electrons. The van der Waals surface area contributed by atoms with Crippen LogP contribution in [0.3, 0.4) is 0 Å². The summed E-state index contributed by atoms with van der Waals surface area (Å²) in [6.07, 6.45) is -1.37. The summed E-state index contributed by atoms with van der Waals surface area (Å²) in [5, 5.41) is -6.92. The van der Waals surface area contributed by atoms with Crippen LogP contribution < -0.4 is 0 Å². The van der Waals surface area contributed by atoms with Crippen LogP contribution in [-0.2, 0) is 0 Å². The third-order valence-electron chi connectivity index (χ3n) is 5.51. The zero-order valence-corrected chi connectivity index (χ0v) is 20.0. The third-order valence-corrected chi connectivity index (χ3v) is 5.75. The van der Waals surface area contributed by atoms with Crippen molar-refractivity contribution in [1.29, 1.82) is 0 Å². The fraction of sp³-hybridized carbons (Fsp3) is 0.789. The predicted molar refractivity (Wildman–Crippen MR) is 101 cm³/mol. The maximum absolute atomic E-state index is 14.0. The maximum Gasteiger partial charge on any atom is 0.393 e. The van der Waals surface area contributed by atoms with Gasteiger partial charge in [0.1, 0.15) is 0 Å². The molecule has 0 atom stereocenters. The Bertz CT molecular complexity index is 866. The molecule has 232 valence electrons. The summed E-state index contributed by atoms with van der Waals surface area (Å²) < 4.78 is 243. The Labute approximate surface area is 213 Å². The average Bonchev–Trinajstić information content (AvgIpc) is 2.71. The summed E-state index contributed by atoms with van der Waals surface area (Å²) >= 11 is 3.41. The number of alkyl halides is 19. The van der Waals surface area contributed by atoms with Gasteiger partial charge in [-0.2, -0.15) is 79.0 Å². The van der Waals surface area contributed by atoms with E-state index >= 15 is 0 Å². The van der Waals surface area contributed by atoms with E-state index in [9.17, 15) is 79.0 Å². The van der Waals surface area contributed by atoms with E-state index < -0.39 is 72.1 Å². The molecular formula is C19H19ClF18N+. The Kier molecular flexibility index (Phi) is 10.3. The van der Waals surface area contributed by atoms with Gasteiger partial charge in [-0.25, -0.2) is 0 Å². The molecule has 0 saturated heterocycles. The van der Waals surface area contributed by atoms with Gasteiger partial charge in [0.05, 0.1) is 26.7 Å². The van der Waals surface area contributed by atoms with Gasteiger partial charge in [-0.1, -0.05) is 13.2 Å². The minimum atomic E-state index is -8.79. The summed E-state index contributed by atoms with van der Waals surface area (Å²) in [6.45, 7) is 5.80. The quantitative estimate of drug-likeness (QED) is 0.0689. The van der Waals surface area contributed by atoms with Crippen molar-refractivity contribution in [2.45, 2.75) is 65.6 Å². The van der Waals surface area contributed by atoms with Crippen LogP contribution in [0.2, 0.25) is 0 Å². The van der Waals surface area contributed by atoms with E-state index in [1.54, 1.807) is 0 Å². The standard InChI is InChI=1S/C19H19ClF18N/c1-4-8-39(3,9-5-2)10-6-7-11(21,22)12(23,24)13(25,26)14(27,28)15(29,30)16(31,32)17(33,34)18(35,36)19(20,37)38/h4-5H,1-2,6-10H2,3H3/q+1. The number of nitrogens with zero attached hydrogens (tertiary/aromatic N) is 1. The second-order valence-electron chi connectivity index (χ2n) is 8.61. The number of rotatable bonds is 16. The number of likely N-dealkylation sites (N-methyl/N-ethyl adjacent to an activating group) is 1. The Hall–Kier alpha value is -1.53. The van der Waals surface area contributed by atoms with Crippen LogP contribution in [0.5, 0.6) is 0 Å². The minimum Gasteiger partial charge on any atom is -0.320 e. The first-order valence-electron chi connectivity index (χ1n) is 9.97. The highest BCUT2D eigenvalue weighted by atomic mass is 35.5. The molecule has 0 heterocycles. The van der Waals surface area contributed by atoms with Crippen LogP contribution in [0, 0.1) is 0 Å². The zero-order chi connectivity index (χ0) is 31.9.